The van der Waals surface area contributed by atoms with Crippen molar-refractivity contribution in [3.8, 4) is 0 Å². The summed E-state index contributed by atoms with van der Waals surface area (Å²) in [6, 6.07) is 0. The molecule has 0 radical (unpaired) electrons. The van der Waals surface area contributed by atoms with Crippen LogP contribution in [0.5, 0.6) is 0 Å². The van der Waals surface area contributed by atoms with Crippen LogP contribution in [0.4, 0.5) is 0 Å². The molecule has 0 saturated heterocycles. The van der Waals surface area contributed by atoms with Crippen LogP contribution >= 0.6 is 0 Å². The Balaban J connectivity index is 2.29. The lowest BCUT2D eigenvalue weighted by atomic mass is 9.87. The molecule has 2 rings (SSSR count). The lowest BCUT2D eigenvalue weighted by Gasteiger charge is -2.18. The molecule has 0 aromatic heterocycles. The maximum absolute atomic E-state index is 2.57. The van der Waals surface area contributed by atoms with Crippen molar-refractivity contribution in [2.75, 3.05) is 0 Å². The van der Waals surface area contributed by atoms with Crippen molar-refractivity contribution in [2.45, 2.75) is 71.6 Å². The van der Waals surface area contributed by atoms with Gasteiger partial charge in [0.1, 0.15) is 0 Å². The first-order chi connectivity index (χ1) is 8.77. The van der Waals surface area contributed by atoms with Crippen LogP contribution in [0.25, 0.3) is 0 Å². The van der Waals surface area contributed by atoms with Crippen molar-refractivity contribution in [3.05, 3.63) is 34.9 Å². The van der Waals surface area contributed by atoms with Gasteiger partial charge in [-0.05, 0) is 75.9 Å². The second-order valence-electron chi connectivity index (χ2n) is 6.03. The molecule has 0 amide bonds. The lowest BCUT2D eigenvalue weighted by Crippen LogP contribution is -2.01. The van der Waals surface area contributed by atoms with Gasteiger partial charge in [0, 0.05) is 0 Å². The van der Waals surface area contributed by atoms with Gasteiger partial charge in [0.2, 0.25) is 0 Å². The third kappa shape index (κ3) is 3.86. The van der Waals surface area contributed by atoms with Crippen molar-refractivity contribution >= 4 is 0 Å². The van der Waals surface area contributed by atoms with Gasteiger partial charge in [-0.3, -0.25) is 0 Å². The van der Waals surface area contributed by atoms with E-state index in [1.807, 2.05) is 0 Å². The van der Waals surface area contributed by atoms with Crippen LogP contribution in [0.2, 0.25) is 0 Å². The highest BCUT2D eigenvalue weighted by molar-refractivity contribution is 5.34. The van der Waals surface area contributed by atoms with Crippen molar-refractivity contribution in [3.63, 3.8) is 0 Å². The summed E-state index contributed by atoms with van der Waals surface area (Å²) in [4.78, 5) is 0. The molecule has 2 aliphatic carbocycles. The molecule has 0 fully saturated rings. The molecule has 2 bridgehead atoms. The highest BCUT2D eigenvalue weighted by Crippen LogP contribution is 2.29. The highest BCUT2D eigenvalue weighted by atomic mass is 14.2. The quantitative estimate of drug-likeness (QED) is 0.461. The second-order valence-corrected chi connectivity index (χ2v) is 6.03. The Hall–Kier alpha value is -0.780. The maximum Gasteiger partial charge on any atom is -0.00476 e. The van der Waals surface area contributed by atoms with Gasteiger partial charge in [-0.1, -0.05) is 36.6 Å². The Morgan fingerprint density at radius 1 is 0.944 bits per heavy atom. The first-order valence-electron chi connectivity index (χ1n) is 7.81. The van der Waals surface area contributed by atoms with Gasteiger partial charge in [-0.2, -0.15) is 0 Å². The molecule has 0 saturated carbocycles. The van der Waals surface area contributed by atoms with E-state index in [1.54, 1.807) is 16.7 Å². The van der Waals surface area contributed by atoms with Gasteiger partial charge in [-0.15, -0.1) is 0 Å². The normalized spacial score (nSPS) is 32.8. The molecule has 100 valence electrons. The fraction of sp³-hybridized carbons (Fsp3) is 0.667. The van der Waals surface area contributed by atoms with Gasteiger partial charge < -0.3 is 0 Å². The van der Waals surface area contributed by atoms with E-state index in [0.717, 1.165) is 0 Å². The van der Waals surface area contributed by atoms with Gasteiger partial charge >= 0.3 is 0 Å². The molecular formula is C18H28. The Kier molecular flexibility index (Phi) is 5.28. The third-order valence-electron chi connectivity index (χ3n) is 4.58. The van der Waals surface area contributed by atoms with Crippen LogP contribution in [0, 0.1) is 5.92 Å². The molecule has 0 aliphatic heterocycles. The molecule has 0 aromatic carbocycles. The second kappa shape index (κ2) is 6.97. The number of hydrogen-bond donors (Lipinski definition) is 0. The van der Waals surface area contributed by atoms with E-state index in [4.69, 9.17) is 0 Å². The highest BCUT2D eigenvalue weighted by Gasteiger charge is 2.12. The van der Waals surface area contributed by atoms with Crippen LogP contribution in [0.1, 0.15) is 71.6 Å². The van der Waals surface area contributed by atoms with Gasteiger partial charge in [-0.25, -0.2) is 0 Å². The number of hydrogen-bond acceptors (Lipinski definition) is 0. The van der Waals surface area contributed by atoms with Crippen LogP contribution < -0.4 is 0 Å². The Morgan fingerprint density at radius 3 is 2.67 bits per heavy atom. The van der Waals surface area contributed by atoms with E-state index in [2.05, 4.69) is 32.1 Å². The first kappa shape index (κ1) is 13.6. The van der Waals surface area contributed by atoms with E-state index in [0.29, 0.717) is 5.92 Å². The Morgan fingerprint density at radius 2 is 1.78 bits per heavy atom. The van der Waals surface area contributed by atoms with Gasteiger partial charge in [0.25, 0.3) is 0 Å². The molecule has 0 nitrogen and oxygen atoms in total. The minimum absolute atomic E-state index is 0.696. The Bertz CT molecular complexity index is 354. The zero-order valence-electron chi connectivity index (χ0n) is 12.2. The summed E-state index contributed by atoms with van der Waals surface area (Å²) in [6.45, 7) is 4.69. The SMILES string of the molecule is C/C1=C(/C)C2=CC(/C=C/CCCC1)CCCCC2. The van der Waals surface area contributed by atoms with Gasteiger partial charge in [0.05, 0.1) is 0 Å². The predicted molar refractivity (Wildman–Crippen MR) is 80.6 cm³/mol. The molecule has 1 atom stereocenters. The van der Waals surface area contributed by atoms with Gasteiger partial charge in [0.15, 0.2) is 0 Å². The van der Waals surface area contributed by atoms with E-state index in [9.17, 15) is 0 Å². The minimum atomic E-state index is 0.696. The topological polar surface area (TPSA) is 0 Å². The molecule has 18 heavy (non-hydrogen) atoms. The van der Waals surface area contributed by atoms with Crippen LogP contribution in [-0.2, 0) is 0 Å². The molecule has 2 aliphatic rings. The summed E-state index contributed by atoms with van der Waals surface area (Å²) in [5, 5.41) is 0. The summed E-state index contributed by atoms with van der Waals surface area (Å²) in [5.74, 6) is 0.696. The summed E-state index contributed by atoms with van der Waals surface area (Å²) >= 11 is 0. The fourth-order valence-electron chi connectivity index (χ4n) is 3.15. The van der Waals surface area contributed by atoms with E-state index in [-0.39, 0.29) is 0 Å². The van der Waals surface area contributed by atoms with Crippen molar-refractivity contribution < 1.29 is 0 Å². The molecule has 0 heterocycles. The molecular weight excluding hydrogens is 216 g/mol. The number of allylic oxidation sites excluding steroid dienone is 6. The Labute approximate surface area is 113 Å². The number of rotatable bonds is 0. The van der Waals surface area contributed by atoms with Crippen LogP contribution in [0.15, 0.2) is 34.9 Å². The smallest absolute Gasteiger partial charge is 0.00476 e. The molecule has 1 unspecified atom stereocenters. The maximum atomic E-state index is 2.57. The molecule has 0 N–H and O–H groups in total. The average Bonchev–Trinajstić information content (AvgIpc) is 2.36. The third-order valence-corrected chi connectivity index (χ3v) is 4.58. The molecule has 0 aromatic rings. The average molecular weight is 244 g/mol. The van der Waals surface area contributed by atoms with E-state index < -0.39 is 0 Å². The zero-order chi connectivity index (χ0) is 12.8. The number of fused-ring (bicyclic) bond motifs is 1. The summed E-state index contributed by atoms with van der Waals surface area (Å²) in [7, 11) is 0. The van der Waals surface area contributed by atoms with Crippen molar-refractivity contribution in [2.24, 2.45) is 5.92 Å². The van der Waals surface area contributed by atoms with E-state index >= 15 is 0 Å². The molecule has 0 heteroatoms. The van der Waals surface area contributed by atoms with Crippen LogP contribution in [-0.4, -0.2) is 0 Å². The minimum Gasteiger partial charge on any atom is -0.0879 e. The summed E-state index contributed by atoms with van der Waals surface area (Å²) in [5.41, 5.74) is 4.86. The molecule has 0 spiro atoms. The largest absolute Gasteiger partial charge is 0.0879 e. The van der Waals surface area contributed by atoms with Crippen LogP contribution in [0.3, 0.4) is 0 Å². The van der Waals surface area contributed by atoms with Crippen molar-refractivity contribution in [1.29, 1.82) is 0 Å². The first-order valence-corrected chi connectivity index (χ1v) is 7.81. The van der Waals surface area contributed by atoms with E-state index in [1.165, 1.54) is 57.8 Å². The summed E-state index contributed by atoms with van der Waals surface area (Å²) in [6.07, 6.45) is 19.6. The monoisotopic (exact) mass is 244 g/mol. The standard InChI is InChI=1S/C18H28/c1-15-10-6-3-4-7-11-17-12-8-5-9-13-18(14-17)16(15)2/h7,11,14,17H,3-6,8-10,12-13H2,1-2H3/b11-7+,16-15+,18-14?. The fourth-order valence-corrected chi connectivity index (χ4v) is 3.15. The zero-order valence-corrected chi connectivity index (χ0v) is 12.2. The predicted octanol–water partition coefficient (Wildman–Crippen LogP) is 5.96. The van der Waals surface area contributed by atoms with Crippen molar-refractivity contribution in [1.82, 2.24) is 0 Å². The summed E-state index contributed by atoms with van der Waals surface area (Å²) < 4.78 is 0. The lowest BCUT2D eigenvalue weighted by molar-refractivity contribution is 0.573.